The number of hydrogen-bond acceptors (Lipinski definition) is 3. The number of nitrogens with zero attached hydrogens (tertiary/aromatic N) is 1. The lowest BCUT2D eigenvalue weighted by molar-refractivity contribution is 0.103. The van der Waals surface area contributed by atoms with Crippen LogP contribution in [-0.4, -0.2) is 24.3 Å². The molecule has 0 spiro atoms. The fourth-order valence-corrected chi connectivity index (χ4v) is 1.57. The highest BCUT2D eigenvalue weighted by atomic mass is 16.5. The number of ether oxygens (including phenoxy) is 1. The summed E-state index contributed by atoms with van der Waals surface area (Å²) in [5.41, 5.74) is 0.630. The largest absolute Gasteiger partial charge is 0.473 e. The normalized spacial score (nSPS) is 19.4. The molecule has 0 aromatic heterocycles. The summed E-state index contributed by atoms with van der Waals surface area (Å²) in [6, 6.07) is 9.21. The van der Waals surface area contributed by atoms with E-state index >= 15 is 0 Å². The summed E-state index contributed by atoms with van der Waals surface area (Å²) >= 11 is 0. The summed E-state index contributed by atoms with van der Waals surface area (Å²) < 4.78 is 5.34. The van der Waals surface area contributed by atoms with Gasteiger partial charge in [0.15, 0.2) is 0 Å². The average molecular weight is 217 g/mol. The monoisotopic (exact) mass is 217 g/mol. The van der Waals surface area contributed by atoms with Gasteiger partial charge in [0.25, 0.3) is 5.90 Å². The first-order chi connectivity index (χ1) is 7.68. The number of rotatable bonds is 3. The molecule has 1 heterocycles. The summed E-state index contributed by atoms with van der Waals surface area (Å²) in [5.74, 6) is 0.537. The SMILES string of the molecule is CC(C)C1COC(C(=O)c2ccccc2)=N1. The zero-order valence-electron chi connectivity index (χ0n) is 9.51. The Morgan fingerprint density at radius 1 is 1.38 bits per heavy atom. The molecule has 0 saturated heterocycles. The van der Waals surface area contributed by atoms with Gasteiger partial charge >= 0.3 is 0 Å². The molecular weight excluding hydrogens is 202 g/mol. The molecule has 1 aliphatic rings. The Balaban J connectivity index is 2.16. The molecule has 84 valence electrons. The first-order valence-corrected chi connectivity index (χ1v) is 5.49. The molecule has 2 rings (SSSR count). The fourth-order valence-electron chi connectivity index (χ4n) is 1.57. The molecular formula is C13H15NO2. The number of hydrogen-bond donors (Lipinski definition) is 0. The Hall–Kier alpha value is -1.64. The van der Waals surface area contributed by atoms with Crippen LogP contribution in [0, 0.1) is 5.92 Å². The van der Waals surface area contributed by atoms with Crippen molar-refractivity contribution in [3.05, 3.63) is 35.9 Å². The van der Waals surface area contributed by atoms with Crippen molar-refractivity contribution in [2.45, 2.75) is 19.9 Å². The highest BCUT2D eigenvalue weighted by Gasteiger charge is 2.26. The quantitative estimate of drug-likeness (QED) is 0.729. The Bertz CT molecular complexity index is 409. The molecule has 16 heavy (non-hydrogen) atoms. The van der Waals surface area contributed by atoms with Gasteiger partial charge in [-0.2, -0.15) is 0 Å². The zero-order chi connectivity index (χ0) is 11.5. The molecule has 0 amide bonds. The van der Waals surface area contributed by atoms with E-state index in [0.29, 0.717) is 18.1 Å². The summed E-state index contributed by atoms with van der Waals surface area (Å²) in [7, 11) is 0. The van der Waals surface area contributed by atoms with E-state index in [0.717, 1.165) is 0 Å². The molecule has 1 aliphatic heterocycles. The first-order valence-electron chi connectivity index (χ1n) is 5.49. The predicted molar refractivity (Wildman–Crippen MR) is 62.8 cm³/mol. The molecule has 0 radical (unpaired) electrons. The molecule has 1 unspecified atom stereocenters. The van der Waals surface area contributed by atoms with Crippen molar-refractivity contribution >= 4 is 11.7 Å². The van der Waals surface area contributed by atoms with Crippen LogP contribution >= 0.6 is 0 Å². The van der Waals surface area contributed by atoms with E-state index in [1.807, 2.05) is 18.2 Å². The smallest absolute Gasteiger partial charge is 0.258 e. The molecule has 1 aromatic carbocycles. The van der Waals surface area contributed by atoms with Gasteiger partial charge in [0, 0.05) is 5.56 Å². The van der Waals surface area contributed by atoms with Gasteiger partial charge in [0.05, 0.1) is 6.04 Å². The van der Waals surface area contributed by atoms with Crippen LogP contribution < -0.4 is 0 Å². The number of carbonyl (C=O) groups is 1. The highest BCUT2D eigenvalue weighted by Crippen LogP contribution is 2.15. The summed E-state index contributed by atoms with van der Waals surface area (Å²) in [6.45, 7) is 4.67. The van der Waals surface area contributed by atoms with Gasteiger partial charge in [-0.25, -0.2) is 4.99 Å². The molecule has 0 bridgehead atoms. The molecule has 0 saturated carbocycles. The van der Waals surface area contributed by atoms with E-state index in [9.17, 15) is 4.79 Å². The van der Waals surface area contributed by atoms with Crippen LogP contribution in [0.15, 0.2) is 35.3 Å². The van der Waals surface area contributed by atoms with Gasteiger partial charge in [-0.1, -0.05) is 44.2 Å². The van der Waals surface area contributed by atoms with Crippen molar-refractivity contribution in [3.63, 3.8) is 0 Å². The number of carbonyl (C=O) groups excluding carboxylic acids is 1. The van der Waals surface area contributed by atoms with Crippen LogP contribution in [0.25, 0.3) is 0 Å². The lowest BCUT2D eigenvalue weighted by Crippen LogP contribution is -2.14. The van der Waals surface area contributed by atoms with E-state index in [2.05, 4.69) is 18.8 Å². The number of benzene rings is 1. The van der Waals surface area contributed by atoms with Crippen molar-refractivity contribution in [2.75, 3.05) is 6.61 Å². The topological polar surface area (TPSA) is 38.7 Å². The van der Waals surface area contributed by atoms with Gasteiger partial charge < -0.3 is 4.74 Å². The van der Waals surface area contributed by atoms with Crippen molar-refractivity contribution < 1.29 is 9.53 Å². The molecule has 0 aliphatic carbocycles. The van der Waals surface area contributed by atoms with Gasteiger partial charge in [0.2, 0.25) is 5.78 Å². The third-order valence-corrected chi connectivity index (χ3v) is 2.67. The maximum atomic E-state index is 12.0. The van der Waals surface area contributed by atoms with E-state index in [4.69, 9.17) is 4.74 Å². The molecule has 1 atom stereocenters. The number of aliphatic imine (C=N–C) groups is 1. The Morgan fingerprint density at radius 2 is 2.06 bits per heavy atom. The second kappa shape index (κ2) is 4.47. The Morgan fingerprint density at radius 3 is 2.62 bits per heavy atom. The fraction of sp³-hybridized carbons (Fsp3) is 0.385. The van der Waals surface area contributed by atoms with Crippen LogP contribution in [0.5, 0.6) is 0 Å². The van der Waals surface area contributed by atoms with E-state index in [1.54, 1.807) is 12.1 Å². The minimum Gasteiger partial charge on any atom is -0.473 e. The average Bonchev–Trinajstić information content (AvgIpc) is 2.78. The zero-order valence-corrected chi connectivity index (χ0v) is 9.51. The summed E-state index contributed by atoms with van der Waals surface area (Å²) in [5, 5.41) is 0. The molecule has 3 heteroatoms. The van der Waals surface area contributed by atoms with Gasteiger partial charge in [-0.3, -0.25) is 4.79 Å². The molecule has 0 N–H and O–H groups in total. The summed E-state index contributed by atoms with van der Waals surface area (Å²) in [4.78, 5) is 16.3. The van der Waals surface area contributed by atoms with Gasteiger partial charge in [-0.15, -0.1) is 0 Å². The molecule has 3 nitrogen and oxygen atoms in total. The first kappa shape index (κ1) is 10.9. The summed E-state index contributed by atoms with van der Waals surface area (Å²) in [6.07, 6.45) is 0. The highest BCUT2D eigenvalue weighted by molar-refractivity contribution is 6.43. The Labute approximate surface area is 95.2 Å². The predicted octanol–water partition coefficient (Wildman–Crippen LogP) is 2.32. The minimum atomic E-state index is -0.122. The van der Waals surface area contributed by atoms with Crippen LogP contribution in [0.1, 0.15) is 24.2 Å². The lowest BCUT2D eigenvalue weighted by Gasteiger charge is -2.06. The standard InChI is InChI=1S/C13H15NO2/c1-9(2)11-8-16-13(14-11)12(15)10-6-4-3-5-7-10/h3-7,9,11H,8H2,1-2H3. The third-order valence-electron chi connectivity index (χ3n) is 2.67. The van der Waals surface area contributed by atoms with Crippen LogP contribution in [0.3, 0.4) is 0 Å². The third kappa shape index (κ3) is 2.13. The van der Waals surface area contributed by atoms with Gasteiger partial charge in [-0.05, 0) is 5.92 Å². The second-order valence-electron chi connectivity index (χ2n) is 4.25. The molecule has 0 fully saturated rings. The van der Waals surface area contributed by atoms with Crippen LogP contribution in [0.2, 0.25) is 0 Å². The van der Waals surface area contributed by atoms with Crippen LogP contribution in [0.4, 0.5) is 0 Å². The Kier molecular flexibility index (Phi) is 3.04. The maximum Gasteiger partial charge on any atom is 0.258 e. The van der Waals surface area contributed by atoms with Crippen molar-refractivity contribution in [2.24, 2.45) is 10.9 Å². The van der Waals surface area contributed by atoms with E-state index < -0.39 is 0 Å². The maximum absolute atomic E-state index is 12.0. The van der Waals surface area contributed by atoms with Gasteiger partial charge in [0.1, 0.15) is 6.61 Å². The molecule has 1 aromatic rings. The number of ketones is 1. The second-order valence-corrected chi connectivity index (χ2v) is 4.25. The van der Waals surface area contributed by atoms with E-state index in [1.165, 1.54) is 0 Å². The van der Waals surface area contributed by atoms with E-state index in [-0.39, 0.29) is 17.7 Å². The van der Waals surface area contributed by atoms with Crippen molar-refractivity contribution in [3.8, 4) is 0 Å². The lowest BCUT2D eigenvalue weighted by atomic mass is 10.1. The van der Waals surface area contributed by atoms with Crippen LogP contribution in [-0.2, 0) is 4.74 Å². The minimum absolute atomic E-state index is 0.114. The number of Topliss-reactive ketones (excluding diaryl/α,β-unsaturated/α-hetero) is 1. The van der Waals surface area contributed by atoms with Crippen molar-refractivity contribution in [1.29, 1.82) is 0 Å². The van der Waals surface area contributed by atoms with Crippen molar-refractivity contribution in [1.82, 2.24) is 0 Å².